The minimum Gasteiger partial charge on any atom is -0.391 e. The van der Waals surface area contributed by atoms with Crippen molar-refractivity contribution < 1.29 is 5.11 Å². The molecule has 0 saturated heterocycles. The van der Waals surface area contributed by atoms with Gasteiger partial charge in [-0.25, -0.2) is 0 Å². The monoisotopic (exact) mass is 157 g/mol. The van der Waals surface area contributed by atoms with Gasteiger partial charge in [-0.3, -0.25) is 0 Å². The molecule has 0 spiro atoms. The van der Waals surface area contributed by atoms with Crippen molar-refractivity contribution in [1.29, 1.82) is 0 Å². The normalized spacial score (nSPS) is 16.7. The first-order chi connectivity index (χ1) is 4.72. The Bertz CT molecular complexity index is 183. The topological polar surface area (TPSA) is 46.2 Å². The molecule has 0 amide bonds. The highest BCUT2D eigenvalue weighted by Crippen LogP contribution is 2.18. The number of hydrogen-bond donors (Lipinski definition) is 2. The molecule has 0 fully saturated rings. The third kappa shape index (κ3) is 1.56. The fourth-order valence-electron chi connectivity index (χ4n) is 0.719. The Morgan fingerprint density at radius 1 is 1.70 bits per heavy atom. The molecule has 0 radical (unpaired) electrons. The molecule has 3 N–H and O–H groups in total. The van der Waals surface area contributed by atoms with E-state index in [4.69, 9.17) is 10.8 Å². The lowest BCUT2D eigenvalue weighted by Gasteiger charge is -2.11. The first kappa shape index (κ1) is 7.72. The summed E-state index contributed by atoms with van der Waals surface area (Å²) in [4.78, 5) is 1.04. The van der Waals surface area contributed by atoms with Crippen LogP contribution in [0.1, 0.15) is 17.8 Å². The second kappa shape index (κ2) is 3.14. The predicted molar refractivity (Wildman–Crippen MR) is 42.9 cm³/mol. The van der Waals surface area contributed by atoms with E-state index in [9.17, 15) is 0 Å². The summed E-state index contributed by atoms with van der Waals surface area (Å²) in [7, 11) is 0. The van der Waals surface area contributed by atoms with Crippen LogP contribution in [-0.4, -0.2) is 11.2 Å². The molecule has 1 rings (SSSR count). The summed E-state index contributed by atoms with van der Waals surface area (Å²) in [6, 6.07) is 3.64. The van der Waals surface area contributed by atoms with Gasteiger partial charge in [-0.2, -0.15) is 0 Å². The SMILES string of the molecule is CC(O)C(N)c1cccs1. The van der Waals surface area contributed by atoms with Crippen molar-refractivity contribution in [2.75, 3.05) is 0 Å². The molecule has 1 heterocycles. The summed E-state index contributed by atoms with van der Waals surface area (Å²) in [6.07, 6.45) is -0.460. The molecule has 0 aromatic carbocycles. The van der Waals surface area contributed by atoms with Gasteiger partial charge in [-0.1, -0.05) is 6.07 Å². The van der Waals surface area contributed by atoms with Gasteiger partial charge in [-0.15, -0.1) is 11.3 Å². The maximum atomic E-state index is 9.07. The molecular formula is C7H11NOS. The molecule has 2 atom stereocenters. The zero-order valence-corrected chi connectivity index (χ0v) is 6.64. The van der Waals surface area contributed by atoms with E-state index >= 15 is 0 Å². The Labute approximate surface area is 64.3 Å². The summed E-state index contributed by atoms with van der Waals surface area (Å²) < 4.78 is 0. The number of aliphatic hydroxyl groups excluding tert-OH is 1. The van der Waals surface area contributed by atoms with Crippen molar-refractivity contribution in [3.05, 3.63) is 22.4 Å². The fourth-order valence-corrected chi connectivity index (χ4v) is 1.54. The molecule has 0 aliphatic heterocycles. The summed E-state index contributed by atoms with van der Waals surface area (Å²) >= 11 is 1.57. The van der Waals surface area contributed by atoms with Gasteiger partial charge in [0.1, 0.15) is 0 Å². The van der Waals surface area contributed by atoms with E-state index < -0.39 is 6.10 Å². The van der Waals surface area contributed by atoms with Gasteiger partial charge >= 0.3 is 0 Å². The number of thiophene rings is 1. The smallest absolute Gasteiger partial charge is 0.0712 e. The molecule has 3 heteroatoms. The summed E-state index contributed by atoms with van der Waals surface area (Å²) in [6.45, 7) is 1.70. The van der Waals surface area contributed by atoms with Crippen LogP contribution in [0, 0.1) is 0 Å². The molecule has 0 saturated carbocycles. The van der Waals surface area contributed by atoms with Crippen LogP contribution in [0.3, 0.4) is 0 Å². The molecule has 0 aliphatic rings. The van der Waals surface area contributed by atoms with Crippen molar-refractivity contribution in [1.82, 2.24) is 0 Å². The van der Waals surface area contributed by atoms with Crippen LogP contribution in [0.4, 0.5) is 0 Å². The van der Waals surface area contributed by atoms with E-state index in [2.05, 4.69) is 0 Å². The molecule has 1 aromatic heterocycles. The van der Waals surface area contributed by atoms with Gasteiger partial charge in [0.2, 0.25) is 0 Å². The lowest BCUT2D eigenvalue weighted by molar-refractivity contribution is 0.165. The van der Waals surface area contributed by atoms with Crippen LogP contribution in [0.15, 0.2) is 17.5 Å². The van der Waals surface area contributed by atoms with Crippen molar-refractivity contribution >= 4 is 11.3 Å². The first-order valence-electron chi connectivity index (χ1n) is 3.19. The van der Waals surface area contributed by atoms with E-state index in [0.29, 0.717) is 0 Å². The second-order valence-electron chi connectivity index (χ2n) is 2.28. The van der Waals surface area contributed by atoms with Gasteiger partial charge in [-0.05, 0) is 18.4 Å². The van der Waals surface area contributed by atoms with Crippen LogP contribution >= 0.6 is 11.3 Å². The Hall–Kier alpha value is -0.380. The Kier molecular flexibility index (Phi) is 2.43. The summed E-state index contributed by atoms with van der Waals surface area (Å²) in [5, 5.41) is 11.0. The number of rotatable bonds is 2. The average molecular weight is 157 g/mol. The number of nitrogens with two attached hydrogens (primary N) is 1. The van der Waals surface area contributed by atoms with Gasteiger partial charge < -0.3 is 10.8 Å². The molecule has 2 unspecified atom stereocenters. The van der Waals surface area contributed by atoms with Crippen molar-refractivity contribution in [3.8, 4) is 0 Å². The lowest BCUT2D eigenvalue weighted by atomic mass is 10.2. The van der Waals surface area contributed by atoms with Crippen molar-refractivity contribution in [3.63, 3.8) is 0 Å². The molecular weight excluding hydrogens is 146 g/mol. The molecule has 10 heavy (non-hydrogen) atoms. The Morgan fingerprint density at radius 2 is 2.40 bits per heavy atom. The highest BCUT2D eigenvalue weighted by atomic mass is 32.1. The van der Waals surface area contributed by atoms with Gasteiger partial charge in [0.15, 0.2) is 0 Å². The van der Waals surface area contributed by atoms with E-state index in [1.165, 1.54) is 0 Å². The van der Waals surface area contributed by atoms with Gasteiger partial charge in [0.05, 0.1) is 12.1 Å². The molecule has 56 valence electrons. The zero-order valence-electron chi connectivity index (χ0n) is 5.82. The summed E-state index contributed by atoms with van der Waals surface area (Å²) in [5.41, 5.74) is 5.64. The van der Waals surface area contributed by atoms with Gasteiger partial charge in [0.25, 0.3) is 0 Å². The lowest BCUT2D eigenvalue weighted by Crippen LogP contribution is -2.21. The molecule has 2 nitrogen and oxygen atoms in total. The number of hydrogen-bond acceptors (Lipinski definition) is 3. The third-order valence-electron chi connectivity index (χ3n) is 1.39. The minimum atomic E-state index is -0.460. The molecule has 1 aromatic rings. The largest absolute Gasteiger partial charge is 0.391 e. The van der Waals surface area contributed by atoms with Crippen LogP contribution in [0.2, 0.25) is 0 Å². The highest BCUT2D eigenvalue weighted by molar-refractivity contribution is 7.10. The van der Waals surface area contributed by atoms with Crippen LogP contribution in [0.25, 0.3) is 0 Å². The average Bonchev–Trinajstić information content (AvgIpc) is 2.36. The third-order valence-corrected chi connectivity index (χ3v) is 2.37. The van der Waals surface area contributed by atoms with Gasteiger partial charge in [0, 0.05) is 4.88 Å². The molecule has 0 aliphatic carbocycles. The Morgan fingerprint density at radius 3 is 2.80 bits per heavy atom. The van der Waals surface area contributed by atoms with Crippen molar-refractivity contribution in [2.24, 2.45) is 5.73 Å². The standard InChI is InChI=1S/C7H11NOS/c1-5(9)7(8)6-3-2-4-10-6/h2-5,7,9H,8H2,1H3. The summed E-state index contributed by atoms with van der Waals surface area (Å²) in [5.74, 6) is 0. The van der Waals surface area contributed by atoms with Crippen molar-refractivity contribution in [2.45, 2.75) is 19.1 Å². The quantitative estimate of drug-likeness (QED) is 0.676. The highest BCUT2D eigenvalue weighted by Gasteiger charge is 2.11. The van der Waals surface area contributed by atoms with E-state index in [1.54, 1.807) is 18.3 Å². The maximum absolute atomic E-state index is 9.07. The van der Waals surface area contributed by atoms with E-state index in [0.717, 1.165) is 4.88 Å². The zero-order chi connectivity index (χ0) is 7.56. The van der Waals surface area contributed by atoms with Crippen LogP contribution < -0.4 is 5.73 Å². The van der Waals surface area contributed by atoms with E-state index in [1.807, 2.05) is 17.5 Å². The predicted octanol–water partition coefficient (Wildman–Crippen LogP) is 1.13. The second-order valence-corrected chi connectivity index (χ2v) is 3.26. The molecule has 0 bridgehead atoms. The first-order valence-corrected chi connectivity index (χ1v) is 4.07. The maximum Gasteiger partial charge on any atom is 0.0712 e. The van der Waals surface area contributed by atoms with Crippen LogP contribution in [-0.2, 0) is 0 Å². The minimum absolute atomic E-state index is 0.222. The number of aliphatic hydroxyl groups is 1. The Balaban J connectivity index is 2.68. The van der Waals surface area contributed by atoms with Crippen LogP contribution in [0.5, 0.6) is 0 Å². The van der Waals surface area contributed by atoms with E-state index in [-0.39, 0.29) is 6.04 Å². The fraction of sp³-hybridized carbons (Fsp3) is 0.429.